The predicted octanol–water partition coefficient (Wildman–Crippen LogP) is 7.59. The third kappa shape index (κ3) is 4.00. The van der Waals surface area contributed by atoms with Crippen molar-refractivity contribution in [3.8, 4) is 0 Å². The molecular formula is C29H31BrN5OP. The fraction of sp³-hybridized carbons (Fsp3) is 0.276. The van der Waals surface area contributed by atoms with Crippen LogP contribution in [0.15, 0.2) is 104 Å². The molecule has 0 spiro atoms. The van der Waals surface area contributed by atoms with Crippen molar-refractivity contribution >= 4 is 46.6 Å². The van der Waals surface area contributed by atoms with Gasteiger partial charge in [0.25, 0.3) is 0 Å². The summed E-state index contributed by atoms with van der Waals surface area (Å²) in [4.78, 5) is 2.36. The van der Waals surface area contributed by atoms with Gasteiger partial charge in [0.1, 0.15) is 0 Å². The van der Waals surface area contributed by atoms with Crippen LogP contribution in [0.5, 0.6) is 0 Å². The van der Waals surface area contributed by atoms with Gasteiger partial charge in [0, 0.05) is 41.4 Å². The van der Waals surface area contributed by atoms with E-state index in [0.29, 0.717) is 13.2 Å². The van der Waals surface area contributed by atoms with Crippen molar-refractivity contribution in [3.63, 3.8) is 0 Å². The van der Waals surface area contributed by atoms with Gasteiger partial charge in [-0.05, 0) is 48.0 Å². The highest BCUT2D eigenvalue weighted by Crippen LogP contribution is 2.70. The molecule has 6 rings (SSSR count). The van der Waals surface area contributed by atoms with Gasteiger partial charge in [-0.1, -0.05) is 66.2 Å². The lowest BCUT2D eigenvalue weighted by Gasteiger charge is -2.42. The Hall–Kier alpha value is -2.70. The highest BCUT2D eigenvalue weighted by atomic mass is 79.9. The average Bonchev–Trinajstić information content (AvgIpc) is 3.38. The van der Waals surface area contributed by atoms with Gasteiger partial charge in [0.15, 0.2) is 7.36 Å². The van der Waals surface area contributed by atoms with Crippen LogP contribution in [0.25, 0.3) is 0 Å². The molecule has 0 radical (unpaired) electrons. The minimum atomic E-state index is -2.58. The number of allylic oxidation sites excluding steroid dienone is 2. The molecule has 0 bridgehead atoms. The number of halogens is 1. The molecule has 3 heterocycles. The van der Waals surface area contributed by atoms with Crippen LogP contribution in [-0.2, 0) is 10.2 Å². The number of anilines is 2. The molecular weight excluding hydrogens is 545 g/mol. The van der Waals surface area contributed by atoms with E-state index in [1.165, 1.54) is 22.3 Å². The van der Waals surface area contributed by atoms with Gasteiger partial charge < -0.3 is 9.64 Å². The molecule has 3 aromatic rings. The van der Waals surface area contributed by atoms with Crippen LogP contribution in [0.3, 0.4) is 0 Å². The van der Waals surface area contributed by atoms with Crippen LogP contribution in [0.4, 0.5) is 17.1 Å². The van der Waals surface area contributed by atoms with E-state index in [2.05, 4.69) is 130 Å². The molecule has 1 fully saturated rings. The summed E-state index contributed by atoms with van der Waals surface area (Å²) in [6.07, 6.45) is 2.08. The van der Waals surface area contributed by atoms with Crippen LogP contribution in [-0.4, -0.2) is 44.2 Å². The molecule has 6 nitrogen and oxygen atoms in total. The van der Waals surface area contributed by atoms with Crippen LogP contribution >= 0.6 is 23.3 Å². The zero-order chi connectivity index (χ0) is 25.6. The molecule has 0 amide bonds. The van der Waals surface area contributed by atoms with Crippen molar-refractivity contribution in [1.82, 2.24) is 4.67 Å². The molecule has 0 aromatic heterocycles. The summed E-state index contributed by atoms with van der Waals surface area (Å²) < 4.78 is 17.3. The maximum atomic E-state index is 5.83. The van der Waals surface area contributed by atoms with Crippen molar-refractivity contribution in [3.05, 3.63) is 99.9 Å². The molecule has 37 heavy (non-hydrogen) atoms. The minimum absolute atomic E-state index is 0.202. The smallest absolute Gasteiger partial charge is 0.180 e. The maximum absolute atomic E-state index is 5.83. The summed E-state index contributed by atoms with van der Waals surface area (Å²) in [7, 11) is -0.401. The zero-order valence-electron chi connectivity index (χ0n) is 21.4. The van der Waals surface area contributed by atoms with Crippen LogP contribution in [0, 0.1) is 0 Å². The SMILES string of the molecule is CN1/C(=C2\C=NN(c3ccccc3)[P@@]2(=Nc2ccc(Br)cc2)N2CCOCC2)C(C)(C)c2ccccc21. The third-order valence-electron chi connectivity index (χ3n) is 7.44. The van der Waals surface area contributed by atoms with E-state index in [-0.39, 0.29) is 5.41 Å². The minimum Gasteiger partial charge on any atom is -0.379 e. The molecule has 3 aliphatic rings. The monoisotopic (exact) mass is 575 g/mol. The Morgan fingerprint density at radius 3 is 2.30 bits per heavy atom. The van der Waals surface area contributed by atoms with E-state index in [9.17, 15) is 0 Å². The summed E-state index contributed by atoms with van der Waals surface area (Å²) in [6, 6.07) is 27.5. The number of para-hydroxylation sites is 2. The first-order valence-corrected chi connectivity index (χ1v) is 15.1. The molecule has 8 heteroatoms. The van der Waals surface area contributed by atoms with Crippen molar-refractivity contribution in [2.45, 2.75) is 19.3 Å². The quantitative estimate of drug-likeness (QED) is 0.302. The lowest BCUT2D eigenvalue weighted by Crippen LogP contribution is -2.38. The lowest BCUT2D eigenvalue weighted by molar-refractivity contribution is 0.0743. The number of hydrazone groups is 1. The topological polar surface area (TPSA) is 43.7 Å². The maximum Gasteiger partial charge on any atom is 0.180 e. The molecule has 0 N–H and O–H groups in total. The van der Waals surface area contributed by atoms with Gasteiger partial charge >= 0.3 is 0 Å². The van der Waals surface area contributed by atoms with E-state index in [1.807, 2.05) is 6.07 Å². The van der Waals surface area contributed by atoms with Crippen molar-refractivity contribution in [2.24, 2.45) is 9.85 Å². The zero-order valence-corrected chi connectivity index (χ0v) is 23.9. The van der Waals surface area contributed by atoms with E-state index in [0.717, 1.165) is 28.9 Å². The molecule has 190 valence electrons. The average molecular weight is 576 g/mol. The lowest BCUT2D eigenvalue weighted by atomic mass is 9.84. The Kier molecular flexibility index (Phi) is 6.36. The largest absolute Gasteiger partial charge is 0.379 e. The Bertz CT molecular complexity index is 1430. The first-order valence-electron chi connectivity index (χ1n) is 12.6. The molecule has 3 aliphatic heterocycles. The number of likely N-dealkylation sites (N-methyl/N-ethyl adjacent to an activating group) is 1. The predicted molar refractivity (Wildman–Crippen MR) is 158 cm³/mol. The number of nitrogens with zero attached hydrogens (tertiary/aromatic N) is 5. The van der Waals surface area contributed by atoms with Crippen molar-refractivity contribution in [2.75, 3.05) is 43.0 Å². The summed E-state index contributed by atoms with van der Waals surface area (Å²) in [5.74, 6) is 0. The van der Waals surface area contributed by atoms with Gasteiger partial charge in [-0.25, -0.2) is 14.2 Å². The molecule has 0 saturated carbocycles. The van der Waals surface area contributed by atoms with Gasteiger partial charge in [0.05, 0.1) is 36.1 Å². The van der Waals surface area contributed by atoms with E-state index in [1.54, 1.807) is 0 Å². The normalized spacial score (nSPS) is 25.0. The number of morpholine rings is 1. The summed E-state index contributed by atoms with van der Waals surface area (Å²) in [5.41, 5.74) is 5.62. The second-order valence-electron chi connectivity index (χ2n) is 10.0. The third-order valence-corrected chi connectivity index (χ3v) is 11.5. The van der Waals surface area contributed by atoms with Gasteiger partial charge in [-0.15, -0.1) is 0 Å². The molecule has 1 atom stereocenters. The van der Waals surface area contributed by atoms with E-state index in [4.69, 9.17) is 14.6 Å². The number of benzene rings is 3. The fourth-order valence-corrected chi connectivity index (χ4v) is 9.82. The van der Waals surface area contributed by atoms with Crippen molar-refractivity contribution in [1.29, 1.82) is 0 Å². The molecule has 0 aliphatic carbocycles. The van der Waals surface area contributed by atoms with Gasteiger partial charge in [0.2, 0.25) is 0 Å². The van der Waals surface area contributed by atoms with Crippen molar-refractivity contribution < 1.29 is 4.74 Å². The van der Waals surface area contributed by atoms with Crippen LogP contribution in [0.2, 0.25) is 0 Å². The molecule has 1 saturated heterocycles. The Labute approximate surface area is 227 Å². The molecule has 3 aromatic carbocycles. The van der Waals surface area contributed by atoms with E-state index < -0.39 is 7.36 Å². The van der Waals surface area contributed by atoms with Gasteiger partial charge in [-0.3, -0.25) is 0 Å². The standard InChI is InChI=1S/C29H31BrN5OP/c1-29(2)25-11-7-8-12-26(25)33(3)28(29)27-21-31-35(24-9-5-4-6-10-24)37(27,34-17-19-36-20-18-34)32-23-15-13-22(30)14-16-23/h4-16,21H,17-20H2,1-3H3/b28-27+/t37-/m0/s1. The Morgan fingerprint density at radius 1 is 0.919 bits per heavy atom. The summed E-state index contributed by atoms with van der Waals surface area (Å²) in [5, 5.41) is 6.32. The fourth-order valence-electron chi connectivity index (χ4n) is 5.74. The van der Waals surface area contributed by atoms with Crippen LogP contribution in [0.1, 0.15) is 19.4 Å². The Balaban J connectivity index is 1.68. The first-order chi connectivity index (χ1) is 17.9. The number of fused-ring (bicyclic) bond motifs is 1. The van der Waals surface area contributed by atoms with Gasteiger partial charge in [-0.2, -0.15) is 5.10 Å². The number of ether oxygens (including phenoxy) is 1. The highest BCUT2D eigenvalue weighted by molar-refractivity contribution is 9.10. The van der Waals surface area contributed by atoms with Crippen LogP contribution < -0.4 is 9.68 Å². The highest BCUT2D eigenvalue weighted by Gasteiger charge is 2.49. The second kappa shape index (κ2) is 9.55. The second-order valence-corrected chi connectivity index (χ2v) is 13.7. The number of hydrogen-bond donors (Lipinski definition) is 0. The Morgan fingerprint density at radius 2 is 1.59 bits per heavy atom. The first kappa shape index (κ1) is 24.6. The molecule has 0 unspecified atom stereocenters. The number of rotatable bonds is 3. The van der Waals surface area contributed by atoms with E-state index >= 15 is 0 Å². The summed E-state index contributed by atoms with van der Waals surface area (Å²) >= 11 is 3.59. The summed E-state index contributed by atoms with van der Waals surface area (Å²) in [6.45, 7) is 7.61. The number of hydrogen-bond acceptors (Lipinski definition) is 4.